The molecule has 0 spiro atoms. The topological polar surface area (TPSA) is 98.3 Å². The Morgan fingerprint density at radius 3 is 2.67 bits per heavy atom. The highest BCUT2D eigenvalue weighted by Gasteiger charge is 2.38. The van der Waals surface area contributed by atoms with Gasteiger partial charge in [0.05, 0.1) is 18.6 Å². The third kappa shape index (κ3) is 3.61. The van der Waals surface area contributed by atoms with Crippen LogP contribution < -0.4 is 0 Å². The molecule has 1 atom stereocenters. The van der Waals surface area contributed by atoms with Crippen LogP contribution >= 0.6 is 0 Å². The lowest BCUT2D eigenvalue weighted by Crippen LogP contribution is -2.34. The lowest BCUT2D eigenvalue weighted by atomic mass is 9.70. The molecule has 128 valence electrons. The van der Waals surface area contributed by atoms with E-state index in [0.717, 1.165) is 12.8 Å². The molecule has 1 aliphatic carbocycles. The van der Waals surface area contributed by atoms with E-state index < -0.39 is 5.09 Å². The molecular formula is C17H21N3O4. The number of fused-ring (bicyclic) bond motifs is 1. The third-order valence-electron chi connectivity index (χ3n) is 4.43. The van der Waals surface area contributed by atoms with Crippen LogP contribution in [-0.2, 0) is 6.42 Å². The van der Waals surface area contributed by atoms with Gasteiger partial charge in [0.15, 0.2) is 5.78 Å². The Labute approximate surface area is 140 Å². The number of hydrogen-bond acceptors (Lipinski definition) is 4. The van der Waals surface area contributed by atoms with Gasteiger partial charge in [0.25, 0.3) is 5.09 Å². The summed E-state index contributed by atoms with van der Waals surface area (Å²) in [4.78, 5) is 24.4. The first-order chi connectivity index (χ1) is 11.2. The zero-order valence-electron chi connectivity index (χ0n) is 14.0. The molecule has 1 heterocycles. The second kappa shape index (κ2) is 6.82. The van der Waals surface area contributed by atoms with E-state index in [-0.39, 0.29) is 17.2 Å². The van der Waals surface area contributed by atoms with Crippen LogP contribution in [0.15, 0.2) is 36.8 Å². The molecule has 2 aromatic rings. The number of ketones is 1. The summed E-state index contributed by atoms with van der Waals surface area (Å²) in [5.41, 5.74) is 3.52. The van der Waals surface area contributed by atoms with Crippen LogP contribution in [0.5, 0.6) is 0 Å². The van der Waals surface area contributed by atoms with E-state index in [2.05, 4.69) is 47.7 Å². The summed E-state index contributed by atoms with van der Waals surface area (Å²) < 4.78 is 2.06. The van der Waals surface area contributed by atoms with Crippen molar-refractivity contribution >= 4 is 5.78 Å². The maximum absolute atomic E-state index is 11.8. The first kappa shape index (κ1) is 17.7. The van der Waals surface area contributed by atoms with E-state index in [0.29, 0.717) is 5.69 Å². The monoisotopic (exact) mass is 331 g/mol. The third-order valence-corrected chi connectivity index (χ3v) is 4.43. The molecule has 0 radical (unpaired) electrons. The number of aryl methyl sites for hydroxylation is 1. The fraction of sp³-hybridized carbons (Fsp3) is 0.412. The molecule has 1 unspecified atom stereocenters. The summed E-state index contributed by atoms with van der Waals surface area (Å²) in [6, 6.07) is 8.73. The van der Waals surface area contributed by atoms with Gasteiger partial charge in [-0.05, 0) is 29.4 Å². The first-order valence-electron chi connectivity index (χ1n) is 7.68. The summed E-state index contributed by atoms with van der Waals surface area (Å²) in [6.07, 6.45) is 5.69. The maximum Gasteiger partial charge on any atom is 0.291 e. The van der Waals surface area contributed by atoms with E-state index in [1.165, 1.54) is 11.1 Å². The smallest absolute Gasteiger partial charge is 0.291 e. The summed E-state index contributed by atoms with van der Waals surface area (Å²) in [5.74, 6) is 0.0707. The van der Waals surface area contributed by atoms with Crippen molar-refractivity contribution in [2.24, 2.45) is 5.41 Å². The molecule has 0 saturated heterocycles. The second-order valence-electron chi connectivity index (χ2n) is 6.57. The Bertz CT molecular complexity index is 748. The highest BCUT2D eigenvalue weighted by atomic mass is 16.9. The summed E-state index contributed by atoms with van der Waals surface area (Å²) >= 11 is 0. The second-order valence-corrected chi connectivity index (χ2v) is 6.57. The quantitative estimate of drug-likeness (QED) is 0.517. The zero-order chi connectivity index (χ0) is 17.9. The van der Waals surface area contributed by atoms with E-state index in [1.807, 2.05) is 0 Å². The Kier molecular flexibility index (Phi) is 5.02. The minimum absolute atomic E-state index is 0.0707. The maximum atomic E-state index is 11.8. The molecule has 0 saturated carbocycles. The Morgan fingerprint density at radius 2 is 2.04 bits per heavy atom. The molecule has 24 heavy (non-hydrogen) atoms. The minimum Gasteiger partial charge on any atom is -0.328 e. The first-order valence-corrected chi connectivity index (χ1v) is 7.68. The molecule has 1 N–H and O–H groups in total. The molecule has 0 aliphatic heterocycles. The van der Waals surface area contributed by atoms with Crippen molar-refractivity contribution in [3.63, 3.8) is 0 Å². The zero-order valence-corrected chi connectivity index (χ0v) is 14.0. The molecule has 7 heteroatoms. The number of carbonyl (C=O) groups excluding carboxylic acids is 1. The average molecular weight is 331 g/mol. The number of nitrogens with zero attached hydrogens (tertiary/aromatic N) is 3. The van der Waals surface area contributed by atoms with Crippen molar-refractivity contribution < 1.29 is 15.1 Å². The minimum atomic E-state index is -1.50. The van der Waals surface area contributed by atoms with Crippen LogP contribution in [0.1, 0.15) is 54.8 Å². The molecule has 3 rings (SSSR count). The van der Waals surface area contributed by atoms with Crippen molar-refractivity contribution in [1.82, 2.24) is 9.55 Å². The number of carbonyl (C=O) groups is 1. The fourth-order valence-corrected chi connectivity index (χ4v) is 3.35. The summed E-state index contributed by atoms with van der Waals surface area (Å²) in [5, 5.41) is 13.6. The van der Waals surface area contributed by atoms with Crippen LogP contribution in [0.2, 0.25) is 0 Å². The normalized spacial score (nSPS) is 18.0. The molecule has 1 aromatic heterocycles. The Balaban J connectivity index is 0.000000471. The van der Waals surface area contributed by atoms with E-state index in [4.69, 9.17) is 15.3 Å². The van der Waals surface area contributed by atoms with Gasteiger partial charge in [-0.25, -0.2) is 4.98 Å². The van der Waals surface area contributed by atoms with Gasteiger partial charge in [-0.3, -0.25) is 4.79 Å². The Morgan fingerprint density at radius 1 is 1.42 bits per heavy atom. The number of imidazole rings is 1. The number of benzene rings is 1. The van der Waals surface area contributed by atoms with Gasteiger partial charge in [0, 0.05) is 6.92 Å². The molecule has 7 nitrogen and oxygen atoms in total. The van der Waals surface area contributed by atoms with Crippen molar-refractivity contribution in [1.29, 1.82) is 0 Å². The molecule has 0 amide bonds. The van der Waals surface area contributed by atoms with E-state index in [9.17, 15) is 4.79 Å². The Hall–Kier alpha value is -2.70. The SMILES string of the molecule is CC(=O)c1cncn1C1c2ccccc2CCC1(C)C.O=[N+]([O-])O. The average Bonchev–Trinajstić information content (AvgIpc) is 2.95. The lowest BCUT2D eigenvalue weighted by Gasteiger charge is -2.41. The van der Waals surface area contributed by atoms with Gasteiger partial charge in [-0.2, -0.15) is 0 Å². The van der Waals surface area contributed by atoms with E-state index in [1.54, 1.807) is 19.4 Å². The van der Waals surface area contributed by atoms with Crippen LogP contribution in [0.4, 0.5) is 0 Å². The highest BCUT2D eigenvalue weighted by Crippen LogP contribution is 2.46. The van der Waals surface area contributed by atoms with Crippen molar-refractivity contribution in [3.8, 4) is 0 Å². The standard InChI is InChI=1S/C17H20N2O.HNO3/c1-12(20)15-10-18-11-19(15)16-14-7-5-4-6-13(14)8-9-17(16,2)3;2-1(3)4/h4-7,10-11,16H,8-9H2,1-3H3;(H,2,3,4). The molecule has 0 fully saturated rings. The van der Waals surface area contributed by atoms with Gasteiger partial charge >= 0.3 is 0 Å². The molecular weight excluding hydrogens is 310 g/mol. The van der Waals surface area contributed by atoms with Crippen LogP contribution in [-0.4, -0.2) is 25.6 Å². The lowest BCUT2D eigenvalue weighted by molar-refractivity contribution is -0.742. The highest BCUT2D eigenvalue weighted by molar-refractivity contribution is 5.92. The van der Waals surface area contributed by atoms with Gasteiger partial charge in [-0.1, -0.05) is 38.1 Å². The number of hydrogen-bond donors (Lipinski definition) is 1. The predicted octanol–water partition coefficient (Wildman–Crippen LogP) is 3.30. The molecule has 1 aromatic carbocycles. The number of Topliss-reactive ketones (excluding diaryl/α,β-unsaturated/α-hetero) is 1. The van der Waals surface area contributed by atoms with Gasteiger partial charge < -0.3 is 9.77 Å². The molecule has 1 aliphatic rings. The van der Waals surface area contributed by atoms with E-state index >= 15 is 0 Å². The number of rotatable bonds is 2. The fourth-order valence-electron chi connectivity index (χ4n) is 3.35. The summed E-state index contributed by atoms with van der Waals surface area (Å²) in [6.45, 7) is 6.16. The van der Waals surface area contributed by atoms with Crippen molar-refractivity contribution in [2.75, 3.05) is 0 Å². The van der Waals surface area contributed by atoms with Crippen LogP contribution in [0, 0.1) is 15.5 Å². The van der Waals surface area contributed by atoms with Gasteiger partial charge in [0.1, 0.15) is 5.69 Å². The molecule has 0 bridgehead atoms. The van der Waals surface area contributed by atoms with Crippen LogP contribution in [0.3, 0.4) is 0 Å². The largest absolute Gasteiger partial charge is 0.328 e. The van der Waals surface area contributed by atoms with Gasteiger partial charge in [-0.15, -0.1) is 10.1 Å². The predicted molar refractivity (Wildman–Crippen MR) is 87.7 cm³/mol. The van der Waals surface area contributed by atoms with Crippen LogP contribution in [0.25, 0.3) is 0 Å². The van der Waals surface area contributed by atoms with Crippen molar-refractivity contribution in [2.45, 2.75) is 39.7 Å². The summed E-state index contributed by atoms with van der Waals surface area (Å²) in [7, 11) is 0. The van der Waals surface area contributed by atoms with Crippen molar-refractivity contribution in [3.05, 3.63) is 63.7 Å². The number of aromatic nitrogens is 2. The van der Waals surface area contributed by atoms with Gasteiger partial charge in [0.2, 0.25) is 0 Å².